The SMILES string of the molecule is CCN1CCN(CC(=O)N(C)c2ccc(N/C(=C3\C(=O)Nc4cc(F)ccc43)c3ccccc3)cc2)CC1. The molecule has 2 aliphatic rings. The molecule has 1 saturated heterocycles. The molecule has 2 amide bonds. The third-order valence-electron chi connectivity index (χ3n) is 7.21. The molecule has 5 rings (SSSR count). The number of benzene rings is 3. The maximum Gasteiger partial charge on any atom is 0.258 e. The Morgan fingerprint density at radius 3 is 2.34 bits per heavy atom. The number of hydrogen-bond donors (Lipinski definition) is 2. The average Bonchev–Trinajstić information content (AvgIpc) is 3.26. The lowest BCUT2D eigenvalue weighted by molar-refractivity contribution is -0.119. The summed E-state index contributed by atoms with van der Waals surface area (Å²) in [4.78, 5) is 32.2. The maximum atomic E-state index is 13.8. The number of halogens is 1. The number of anilines is 3. The van der Waals surface area contributed by atoms with Gasteiger partial charge in [0.1, 0.15) is 5.82 Å². The van der Waals surface area contributed by atoms with Crippen LogP contribution in [-0.4, -0.2) is 67.9 Å². The van der Waals surface area contributed by atoms with Crippen LogP contribution in [0.25, 0.3) is 11.3 Å². The van der Waals surface area contributed by atoms with Gasteiger partial charge in [0.25, 0.3) is 5.91 Å². The van der Waals surface area contributed by atoms with Gasteiger partial charge in [0, 0.05) is 50.2 Å². The average molecular weight is 514 g/mol. The van der Waals surface area contributed by atoms with Gasteiger partial charge in [0.2, 0.25) is 5.91 Å². The molecule has 0 aromatic heterocycles. The van der Waals surface area contributed by atoms with Crippen LogP contribution in [0.15, 0.2) is 72.8 Å². The summed E-state index contributed by atoms with van der Waals surface area (Å²) in [5, 5.41) is 6.17. The first-order chi connectivity index (χ1) is 18.4. The van der Waals surface area contributed by atoms with Gasteiger partial charge in [-0.25, -0.2) is 4.39 Å². The molecule has 1 fully saturated rings. The molecule has 0 unspecified atom stereocenters. The predicted molar refractivity (Wildman–Crippen MR) is 150 cm³/mol. The third-order valence-corrected chi connectivity index (χ3v) is 7.21. The molecule has 0 aliphatic carbocycles. The van der Waals surface area contributed by atoms with Crippen LogP contribution >= 0.6 is 0 Å². The molecule has 0 radical (unpaired) electrons. The monoisotopic (exact) mass is 513 g/mol. The van der Waals surface area contributed by atoms with E-state index in [0.717, 1.165) is 49.7 Å². The van der Waals surface area contributed by atoms with E-state index >= 15 is 0 Å². The lowest BCUT2D eigenvalue weighted by Gasteiger charge is -2.34. The van der Waals surface area contributed by atoms with Crippen LogP contribution in [0.5, 0.6) is 0 Å². The molecule has 0 saturated carbocycles. The van der Waals surface area contributed by atoms with Crippen molar-refractivity contribution >= 4 is 40.1 Å². The Labute approximate surface area is 222 Å². The number of carbonyl (C=O) groups excluding carboxylic acids is 2. The molecular weight excluding hydrogens is 481 g/mol. The zero-order valence-corrected chi connectivity index (χ0v) is 21.7. The predicted octanol–water partition coefficient (Wildman–Crippen LogP) is 4.36. The number of amides is 2. The highest BCUT2D eigenvalue weighted by Gasteiger charge is 2.29. The Kier molecular flexibility index (Phi) is 7.53. The Morgan fingerprint density at radius 1 is 0.974 bits per heavy atom. The second-order valence-corrected chi connectivity index (χ2v) is 9.60. The molecule has 7 nitrogen and oxygen atoms in total. The summed E-state index contributed by atoms with van der Waals surface area (Å²) >= 11 is 0. The number of likely N-dealkylation sites (N-methyl/N-ethyl adjacent to an activating group) is 2. The van der Waals surface area contributed by atoms with Crippen LogP contribution < -0.4 is 15.5 Å². The van der Waals surface area contributed by atoms with Crippen molar-refractivity contribution in [2.75, 3.05) is 61.8 Å². The number of hydrogen-bond acceptors (Lipinski definition) is 5. The van der Waals surface area contributed by atoms with Crippen molar-refractivity contribution in [2.24, 2.45) is 0 Å². The van der Waals surface area contributed by atoms with E-state index < -0.39 is 5.82 Å². The van der Waals surface area contributed by atoms with Crippen LogP contribution in [-0.2, 0) is 9.59 Å². The van der Waals surface area contributed by atoms with E-state index in [1.54, 1.807) is 18.0 Å². The van der Waals surface area contributed by atoms with Gasteiger partial charge in [-0.2, -0.15) is 0 Å². The van der Waals surface area contributed by atoms with Crippen LogP contribution in [0.1, 0.15) is 18.1 Å². The van der Waals surface area contributed by atoms with Crippen molar-refractivity contribution in [1.82, 2.24) is 9.80 Å². The fraction of sp³-hybridized carbons (Fsp3) is 0.267. The first kappa shape index (κ1) is 25.6. The topological polar surface area (TPSA) is 67.9 Å². The van der Waals surface area contributed by atoms with Crippen molar-refractivity contribution in [3.8, 4) is 0 Å². The number of carbonyl (C=O) groups is 2. The molecule has 0 atom stereocenters. The highest BCUT2D eigenvalue weighted by Crippen LogP contribution is 2.38. The normalized spacial score (nSPS) is 17.1. The number of fused-ring (bicyclic) bond motifs is 1. The molecule has 8 heteroatoms. The van der Waals surface area contributed by atoms with Crippen molar-refractivity contribution in [3.05, 3.63) is 89.7 Å². The van der Waals surface area contributed by atoms with E-state index in [2.05, 4.69) is 27.4 Å². The molecule has 196 valence electrons. The van der Waals surface area contributed by atoms with Gasteiger partial charge in [-0.3, -0.25) is 14.5 Å². The smallest absolute Gasteiger partial charge is 0.258 e. The van der Waals surface area contributed by atoms with Crippen LogP contribution in [0, 0.1) is 5.82 Å². The summed E-state index contributed by atoms with van der Waals surface area (Å²) in [5.74, 6) is -0.648. The first-order valence-corrected chi connectivity index (χ1v) is 12.9. The molecular formula is C30H32FN5O2. The lowest BCUT2D eigenvalue weighted by Crippen LogP contribution is -2.49. The Balaban J connectivity index is 1.35. The fourth-order valence-electron chi connectivity index (χ4n) is 4.89. The second-order valence-electron chi connectivity index (χ2n) is 9.60. The molecule has 38 heavy (non-hydrogen) atoms. The van der Waals surface area contributed by atoms with Gasteiger partial charge in [-0.1, -0.05) is 37.3 Å². The minimum absolute atomic E-state index is 0.0502. The first-order valence-electron chi connectivity index (χ1n) is 12.9. The van der Waals surface area contributed by atoms with Gasteiger partial charge in [0.05, 0.1) is 23.5 Å². The molecule has 2 aliphatic heterocycles. The zero-order chi connectivity index (χ0) is 26.6. The highest BCUT2D eigenvalue weighted by molar-refractivity contribution is 6.37. The molecule has 0 bridgehead atoms. The summed E-state index contributed by atoms with van der Waals surface area (Å²) < 4.78 is 13.8. The molecule has 2 N–H and O–H groups in total. The standard InChI is InChI=1S/C30H32FN5O2/c1-3-35-15-17-36(18-16-35)20-27(37)34(2)24-12-10-23(11-13-24)32-29(21-7-5-4-6-8-21)28-25-14-9-22(31)19-26(25)33-30(28)38/h4-14,19,32H,3,15-18,20H2,1-2H3,(H,33,38)/b29-28-. The number of piperazine rings is 1. The molecule has 0 spiro atoms. The van der Waals surface area contributed by atoms with Crippen LogP contribution in [0.3, 0.4) is 0 Å². The van der Waals surface area contributed by atoms with E-state index in [4.69, 9.17) is 0 Å². The van der Waals surface area contributed by atoms with E-state index in [-0.39, 0.29) is 11.8 Å². The Hall–Kier alpha value is -4.01. The van der Waals surface area contributed by atoms with E-state index in [1.165, 1.54) is 12.1 Å². The van der Waals surface area contributed by atoms with Gasteiger partial charge >= 0.3 is 0 Å². The minimum Gasteiger partial charge on any atom is -0.354 e. The van der Waals surface area contributed by atoms with Gasteiger partial charge in [0.15, 0.2) is 0 Å². The van der Waals surface area contributed by atoms with E-state index in [0.29, 0.717) is 29.1 Å². The zero-order valence-electron chi connectivity index (χ0n) is 21.7. The maximum absolute atomic E-state index is 13.8. The Bertz CT molecular complexity index is 1350. The molecule has 3 aromatic carbocycles. The molecule has 3 aromatic rings. The largest absolute Gasteiger partial charge is 0.354 e. The van der Waals surface area contributed by atoms with Gasteiger partial charge in [-0.05, 0) is 54.6 Å². The number of nitrogens with zero attached hydrogens (tertiary/aromatic N) is 3. The van der Waals surface area contributed by atoms with Crippen molar-refractivity contribution in [2.45, 2.75) is 6.92 Å². The second kappa shape index (κ2) is 11.2. The van der Waals surface area contributed by atoms with Crippen molar-refractivity contribution in [1.29, 1.82) is 0 Å². The fourth-order valence-corrected chi connectivity index (χ4v) is 4.89. The summed E-state index contributed by atoms with van der Waals surface area (Å²) in [6.45, 7) is 7.38. The van der Waals surface area contributed by atoms with Crippen molar-refractivity contribution < 1.29 is 14.0 Å². The van der Waals surface area contributed by atoms with Crippen LogP contribution in [0.4, 0.5) is 21.5 Å². The van der Waals surface area contributed by atoms with Crippen LogP contribution in [0.2, 0.25) is 0 Å². The number of nitrogens with one attached hydrogen (secondary N) is 2. The molecule has 2 heterocycles. The van der Waals surface area contributed by atoms with Gasteiger partial charge in [-0.15, -0.1) is 0 Å². The highest BCUT2D eigenvalue weighted by atomic mass is 19.1. The summed E-state index contributed by atoms with van der Waals surface area (Å²) in [5.41, 5.74) is 4.55. The van der Waals surface area contributed by atoms with Gasteiger partial charge < -0.3 is 20.4 Å². The van der Waals surface area contributed by atoms with E-state index in [9.17, 15) is 14.0 Å². The third kappa shape index (κ3) is 5.46. The van der Waals surface area contributed by atoms with Crippen molar-refractivity contribution in [3.63, 3.8) is 0 Å². The number of rotatable bonds is 7. The quantitative estimate of drug-likeness (QED) is 0.460. The summed E-state index contributed by atoms with van der Waals surface area (Å²) in [6, 6.07) is 21.4. The summed E-state index contributed by atoms with van der Waals surface area (Å²) in [7, 11) is 1.80. The Morgan fingerprint density at radius 2 is 1.66 bits per heavy atom. The van der Waals surface area contributed by atoms with E-state index in [1.807, 2.05) is 54.6 Å². The lowest BCUT2D eigenvalue weighted by atomic mass is 10.00. The summed E-state index contributed by atoms with van der Waals surface area (Å²) in [6.07, 6.45) is 0. The minimum atomic E-state index is -0.406.